The fraction of sp³-hybridized carbons (Fsp3) is 0. The Labute approximate surface area is 119 Å². The molecule has 1 aromatic heterocycles. The van der Waals surface area contributed by atoms with Crippen molar-refractivity contribution in [1.82, 2.24) is 10.2 Å². The monoisotopic (exact) mass is 286 g/mol. The van der Waals surface area contributed by atoms with Gasteiger partial charge in [-0.2, -0.15) is 5.10 Å². The highest BCUT2D eigenvalue weighted by Gasteiger charge is 2.08. The minimum Gasteiger partial charge on any atom is -0.308 e. The van der Waals surface area contributed by atoms with Gasteiger partial charge in [0.25, 0.3) is 0 Å². The SMILES string of the molecule is O=C(Nc1ccc(Cl)cc1)Nc1n[nH]c2ccccc12. The molecular weight excluding hydrogens is 276 g/mol. The number of anilines is 2. The summed E-state index contributed by atoms with van der Waals surface area (Å²) in [5.41, 5.74) is 1.53. The van der Waals surface area contributed by atoms with Crippen LogP contribution in [0.1, 0.15) is 0 Å². The van der Waals surface area contributed by atoms with Crippen LogP contribution >= 0.6 is 11.6 Å². The molecular formula is C14H11ClN4O. The zero-order valence-corrected chi connectivity index (χ0v) is 11.1. The smallest absolute Gasteiger partial charge is 0.308 e. The van der Waals surface area contributed by atoms with Gasteiger partial charge in [-0.25, -0.2) is 4.79 Å². The van der Waals surface area contributed by atoms with E-state index in [0.717, 1.165) is 10.9 Å². The van der Waals surface area contributed by atoms with Crippen LogP contribution < -0.4 is 10.6 Å². The molecule has 5 nitrogen and oxygen atoms in total. The van der Waals surface area contributed by atoms with Crippen LogP contribution in [-0.2, 0) is 0 Å². The molecule has 0 radical (unpaired) electrons. The third kappa shape index (κ3) is 2.57. The van der Waals surface area contributed by atoms with Gasteiger partial charge in [-0.1, -0.05) is 23.7 Å². The Morgan fingerprint density at radius 1 is 1.05 bits per heavy atom. The van der Waals surface area contributed by atoms with Crippen molar-refractivity contribution < 1.29 is 4.79 Å². The maximum absolute atomic E-state index is 11.9. The average Bonchev–Trinajstić information content (AvgIpc) is 2.85. The van der Waals surface area contributed by atoms with Crippen LogP contribution in [0.15, 0.2) is 48.5 Å². The molecule has 0 aliphatic carbocycles. The van der Waals surface area contributed by atoms with Crippen molar-refractivity contribution in [3.05, 3.63) is 53.6 Å². The number of hydrogen-bond donors (Lipinski definition) is 3. The number of aromatic amines is 1. The van der Waals surface area contributed by atoms with Gasteiger partial charge in [-0.3, -0.25) is 10.4 Å². The maximum Gasteiger partial charge on any atom is 0.324 e. The van der Waals surface area contributed by atoms with Gasteiger partial charge in [0.05, 0.1) is 5.52 Å². The van der Waals surface area contributed by atoms with Crippen LogP contribution in [0.25, 0.3) is 10.9 Å². The lowest BCUT2D eigenvalue weighted by molar-refractivity contribution is 0.262. The number of aromatic nitrogens is 2. The number of halogens is 1. The fourth-order valence-corrected chi connectivity index (χ4v) is 1.99. The molecule has 0 aliphatic heterocycles. The Morgan fingerprint density at radius 3 is 2.60 bits per heavy atom. The summed E-state index contributed by atoms with van der Waals surface area (Å²) in [5.74, 6) is 0.493. The van der Waals surface area contributed by atoms with Crippen LogP contribution in [0.2, 0.25) is 5.02 Å². The molecule has 6 heteroatoms. The zero-order valence-electron chi connectivity index (χ0n) is 10.4. The first kappa shape index (κ1) is 12.5. The summed E-state index contributed by atoms with van der Waals surface area (Å²) < 4.78 is 0. The number of H-pyrrole nitrogens is 1. The Kier molecular flexibility index (Phi) is 3.26. The van der Waals surface area contributed by atoms with E-state index in [2.05, 4.69) is 20.8 Å². The Morgan fingerprint density at radius 2 is 1.80 bits per heavy atom. The Bertz CT molecular complexity index is 751. The van der Waals surface area contributed by atoms with Crippen LogP contribution in [0.4, 0.5) is 16.3 Å². The number of carbonyl (C=O) groups is 1. The Hall–Kier alpha value is -2.53. The van der Waals surface area contributed by atoms with Crippen molar-refractivity contribution in [3.63, 3.8) is 0 Å². The first-order valence-electron chi connectivity index (χ1n) is 5.99. The molecule has 3 rings (SSSR count). The number of hydrogen-bond acceptors (Lipinski definition) is 2. The molecule has 0 bridgehead atoms. The van der Waals surface area contributed by atoms with Crippen LogP contribution in [0, 0.1) is 0 Å². The molecule has 0 fully saturated rings. The van der Waals surface area contributed by atoms with Crippen LogP contribution in [0.5, 0.6) is 0 Å². The van der Waals surface area contributed by atoms with Gasteiger partial charge in [0.15, 0.2) is 5.82 Å². The molecule has 20 heavy (non-hydrogen) atoms. The quantitative estimate of drug-likeness (QED) is 0.669. The minimum atomic E-state index is -0.357. The van der Waals surface area contributed by atoms with Gasteiger partial charge in [0.2, 0.25) is 0 Å². The highest BCUT2D eigenvalue weighted by molar-refractivity contribution is 6.30. The van der Waals surface area contributed by atoms with E-state index in [0.29, 0.717) is 16.5 Å². The van der Waals surface area contributed by atoms with Gasteiger partial charge in [0.1, 0.15) is 0 Å². The third-order valence-corrected chi connectivity index (χ3v) is 3.06. The molecule has 2 aromatic carbocycles. The lowest BCUT2D eigenvalue weighted by atomic mass is 10.2. The number of nitrogens with zero attached hydrogens (tertiary/aromatic N) is 1. The van der Waals surface area contributed by atoms with Gasteiger partial charge >= 0.3 is 6.03 Å². The van der Waals surface area contributed by atoms with E-state index in [1.165, 1.54) is 0 Å². The van der Waals surface area contributed by atoms with Crippen molar-refractivity contribution >= 4 is 40.0 Å². The van der Waals surface area contributed by atoms with Crippen LogP contribution in [0.3, 0.4) is 0 Å². The topological polar surface area (TPSA) is 69.8 Å². The van der Waals surface area contributed by atoms with Crippen molar-refractivity contribution in [2.45, 2.75) is 0 Å². The number of amides is 2. The molecule has 100 valence electrons. The van der Waals surface area contributed by atoms with E-state index in [4.69, 9.17) is 11.6 Å². The van der Waals surface area contributed by atoms with E-state index in [1.54, 1.807) is 24.3 Å². The first-order chi connectivity index (χ1) is 9.72. The predicted octanol–water partition coefficient (Wildman–Crippen LogP) is 3.86. The molecule has 2 amide bonds. The predicted molar refractivity (Wildman–Crippen MR) is 80.2 cm³/mol. The number of urea groups is 1. The lowest BCUT2D eigenvalue weighted by Crippen LogP contribution is -2.19. The van der Waals surface area contributed by atoms with Gasteiger partial charge in [-0.05, 0) is 36.4 Å². The fourth-order valence-electron chi connectivity index (χ4n) is 1.86. The van der Waals surface area contributed by atoms with E-state index in [9.17, 15) is 4.79 Å². The molecule has 3 N–H and O–H groups in total. The number of nitrogens with one attached hydrogen (secondary N) is 3. The second-order valence-electron chi connectivity index (χ2n) is 4.20. The summed E-state index contributed by atoms with van der Waals surface area (Å²) in [6, 6.07) is 14.1. The summed E-state index contributed by atoms with van der Waals surface area (Å²) in [7, 11) is 0. The van der Waals surface area contributed by atoms with Crippen LogP contribution in [-0.4, -0.2) is 16.2 Å². The normalized spacial score (nSPS) is 10.4. The van der Waals surface area contributed by atoms with Gasteiger partial charge in [0, 0.05) is 16.1 Å². The molecule has 3 aromatic rings. The second-order valence-corrected chi connectivity index (χ2v) is 4.64. The number of para-hydroxylation sites is 1. The molecule has 0 aliphatic rings. The summed E-state index contributed by atoms with van der Waals surface area (Å²) in [6.07, 6.45) is 0. The molecule has 0 saturated heterocycles. The first-order valence-corrected chi connectivity index (χ1v) is 6.37. The summed E-state index contributed by atoms with van der Waals surface area (Å²) in [6.45, 7) is 0. The minimum absolute atomic E-state index is 0.357. The zero-order chi connectivity index (χ0) is 13.9. The summed E-state index contributed by atoms with van der Waals surface area (Å²) in [4.78, 5) is 11.9. The number of rotatable bonds is 2. The molecule has 1 heterocycles. The molecule has 0 unspecified atom stereocenters. The summed E-state index contributed by atoms with van der Waals surface area (Å²) in [5, 5.41) is 13.8. The average molecular weight is 287 g/mol. The van der Waals surface area contributed by atoms with Gasteiger partial charge in [-0.15, -0.1) is 0 Å². The van der Waals surface area contributed by atoms with E-state index in [-0.39, 0.29) is 6.03 Å². The lowest BCUT2D eigenvalue weighted by Gasteiger charge is -2.05. The maximum atomic E-state index is 11.9. The largest absolute Gasteiger partial charge is 0.324 e. The highest BCUT2D eigenvalue weighted by Crippen LogP contribution is 2.20. The number of fused-ring (bicyclic) bond motifs is 1. The van der Waals surface area contributed by atoms with E-state index in [1.807, 2.05) is 24.3 Å². The second kappa shape index (κ2) is 5.22. The standard InChI is InChI=1S/C14H11ClN4O/c15-9-5-7-10(8-6-9)16-14(20)17-13-11-3-1-2-4-12(11)18-19-13/h1-8H,(H3,16,17,18,19,20). The van der Waals surface area contributed by atoms with Crippen molar-refractivity contribution in [2.75, 3.05) is 10.6 Å². The summed E-state index contributed by atoms with van der Waals surface area (Å²) >= 11 is 5.79. The highest BCUT2D eigenvalue weighted by atomic mass is 35.5. The number of carbonyl (C=O) groups excluding carboxylic acids is 1. The van der Waals surface area contributed by atoms with Crippen molar-refractivity contribution in [2.24, 2.45) is 0 Å². The van der Waals surface area contributed by atoms with Crippen molar-refractivity contribution in [1.29, 1.82) is 0 Å². The molecule has 0 atom stereocenters. The number of benzene rings is 2. The van der Waals surface area contributed by atoms with E-state index >= 15 is 0 Å². The van der Waals surface area contributed by atoms with Crippen molar-refractivity contribution in [3.8, 4) is 0 Å². The van der Waals surface area contributed by atoms with E-state index < -0.39 is 0 Å². The molecule has 0 saturated carbocycles. The Balaban J connectivity index is 1.74. The van der Waals surface area contributed by atoms with Gasteiger partial charge < -0.3 is 5.32 Å². The third-order valence-electron chi connectivity index (χ3n) is 2.80. The molecule has 0 spiro atoms.